The smallest absolute Gasteiger partial charge is 0.309 e. The van der Waals surface area contributed by atoms with Gasteiger partial charge in [-0.25, -0.2) is 0 Å². The van der Waals surface area contributed by atoms with E-state index in [9.17, 15) is 19.8 Å². The van der Waals surface area contributed by atoms with Gasteiger partial charge in [-0.15, -0.1) is 0 Å². The molecule has 1 aromatic carbocycles. The van der Waals surface area contributed by atoms with Crippen LogP contribution in [0.3, 0.4) is 0 Å². The molecule has 2 rings (SSSR count). The standard InChI is InChI=1S/C24H36O4/c1-23(2,21(25)26)15-9-3-5-11-19-13-7-8-14-20(19)12-6-4-10-16-24(17-18-24)22(27)28/h7-8,13-14H,3-6,9-12,15-18H2,1-2H3,(H,25,26)(H,27,28). The highest BCUT2D eigenvalue weighted by atomic mass is 16.4. The molecule has 0 aromatic heterocycles. The van der Waals surface area contributed by atoms with Crippen LogP contribution in [0.15, 0.2) is 24.3 Å². The lowest BCUT2D eigenvalue weighted by molar-refractivity contribution is -0.147. The number of unbranched alkanes of at least 4 members (excludes halogenated alkanes) is 4. The molecule has 0 heterocycles. The lowest BCUT2D eigenvalue weighted by Gasteiger charge is -2.18. The molecule has 28 heavy (non-hydrogen) atoms. The van der Waals surface area contributed by atoms with Crippen molar-refractivity contribution < 1.29 is 19.8 Å². The molecule has 0 amide bonds. The molecule has 0 spiro atoms. The lowest BCUT2D eigenvalue weighted by Crippen LogP contribution is -2.23. The van der Waals surface area contributed by atoms with Gasteiger partial charge in [0.2, 0.25) is 0 Å². The first-order valence-corrected chi connectivity index (χ1v) is 10.8. The van der Waals surface area contributed by atoms with Crippen LogP contribution in [-0.4, -0.2) is 22.2 Å². The highest BCUT2D eigenvalue weighted by Crippen LogP contribution is 2.50. The van der Waals surface area contributed by atoms with E-state index in [0.717, 1.165) is 77.0 Å². The van der Waals surface area contributed by atoms with Crippen molar-refractivity contribution in [3.63, 3.8) is 0 Å². The van der Waals surface area contributed by atoms with Crippen LogP contribution in [0.1, 0.15) is 89.2 Å². The van der Waals surface area contributed by atoms with Crippen LogP contribution in [0.5, 0.6) is 0 Å². The lowest BCUT2D eigenvalue weighted by atomic mass is 9.87. The van der Waals surface area contributed by atoms with Crippen molar-refractivity contribution in [3.8, 4) is 0 Å². The number of hydrogen-bond donors (Lipinski definition) is 2. The fourth-order valence-corrected chi connectivity index (χ4v) is 3.89. The third-order valence-corrected chi connectivity index (χ3v) is 6.35. The predicted molar refractivity (Wildman–Crippen MR) is 112 cm³/mol. The molecule has 1 aromatic rings. The summed E-state index contributed by atoms with van der Waals surface area (Å²) in [5.74, 6) is -1.32. The van der Waals surface area contributed by atoms with E-state index in [2.05, 4.69) is 24.3 Å². The summed E-state index contributed by atoms with van der Waals surface area (Å²) in [6.45, 7) is 3.60. The molecule has 0 unspecified atom stereocenters. The van der Waals surface area contributed by atoms with Gasteiger partial charge in [0, 0.05) is 0 Å². The van der Waals surface area contributed by atoms with Crippen molar-refractivity contribution in [2.45, 2.75) is 90.9 Å². The Morgan fingerprint density at radius 2 is 1.43 bits per heavy atom. The van der Waals surface area contributed by atoms with E-state index in [0.29, 0.717) is 0 Å². The Labute approximate surface area is 169 Å². The van der Waals surface area contributed by atoms with Crippen LogP contribution in [0.4, 0.5) is 0 Å². The summed E-state index contributed by atoms with van der Waals surface area (Å²) >= 11 is 0. The first-order chi connectivity index (χ1) is 13.3. The first kappa shape index (κ1) is 22.4. The average Bonchev–Trinajstić information content (AvgIpc) is 3.43. The second-order valence-electron chi connectivity index (χ2n) is 9.16. The molecule has 1 saturated carbocycles. The SMILES string of the molecule is CC(C)(CCCCCc1ccccc1CCCCCC1(C(=O)O)CC1)C(=O)O. The minimum Gasteiger partial charge on any atom is -0.481 e. The number of carboxylic acid groups (broad SMARTS) is 2. The Morgan fingerprint density at radius 3 is 1.89 bits per heavy atom. The van der Waals surface area contributed by atoms with Crippen molar-refractivity contribution in [1.82, 2.24) is 0 Å². The Hall–Kier alpha value is -1.84. The maximum absolute atomic E-state index is 11.2. The quantitative estimate of drug-likeness (QED) is 0.391. The molecule has 0 saturated heterocycles. The Balaban J connectivity index is 1.66. The zero-order valence-electron chi connectivity index (χ0n) is 17.5. The molecule has 0 atom stereocenters. The van der Waals surface area contributed by atoms with E-state index < -0.39 is 17.4 Å². The zero-order chi connectivity index (χ0) is 20.6. The van der Waals surface area contributed by atoms with E-state index in [1.807, 2.05) is 0 Å². The van der Waals surface area contributed by atoms with E-state index in [1.54, 1.807) is 13.8 Å². The maximum atomic E-state index is 11.2. The summed E-state index contributed by atoms with van der Waals surface area (Å²) < 4.78 is 0. The molecule has 0 radical (unpaired) electrons. The fraction of sp³-hybridized carbons (Fsp3) is 0.667. The maximum Gasteiger partial charge on any atom is 0.309 e. The zero-order valence-corrected chi connectivity index (χ0v) is 17.5. The van der Waals surface area contributed by atoms with Crippen LogP contribution >= 0.6 is 0 Å². The molecule has 0 aliphatic heterocycles. The van der Waals surface area contributed by atoms with Gasteiger partial charge in [-0.05, 0) is 76.3 Å². The predicted octanol–water partition coefficient (Wildman–Crippen LogP) is 5.87. The molecule has 1 fully saturated rings. The normalized spacial score (nSPS) is 15.4. The van der Waals surface area contributed by atoms with Gasteiger partial charge >= 0.3 is 11.9 Å². The van der Waals surface area contributed by atoms with Crippen LogP contribution in [0, 0.1) is 10.8 Å². The monoisotopic (exact) mass is 388 g/mol. The van der Waals surface area contributed by atoms with Gasteiger partial charge in [0.1, 0.15) is 0 Å². The molecule has 2 N–H and O–H groups in total. The second kappa shape index (κ2) is 10.1. The number of benzene rings is 1. The minimum atomic E-state index is -0.714. The number of carbonyl (C=O) groups is 2. The van der Waals surface area contributed by atoms with E-state index in [1.165, 1.54) is 11.1 Å². The molecule has 1 aliphatic carbocycles. The summed E-state index contributed by atoms with van der Waals surface area (Å²) in [5, 5.41) is 18.4. The number of aryl methyl sites for hydroxylation is 2. The Bertz CT molecular complexity index is 613. The fourth-order valence-electron chi connectivity index (χ4n) is 3.89. The summed E-state index contributed by atoms with van der Waals surface area (Å²) in [6, 6.07) is 8.61. The van der Waals surface area contributed by atoms with Crippen molar-refractivity contribution in [2.24, 2.45) is 10.8 Å². The van der Waals surface area contributed by atoms with E-state index >= 15 is 0 Å². The summed E-state index contributed by atoms with van der Waals surface area (Å²) in [4.78, 5) is 22.4. The van der Waals surface area contributed by atoms with Gasteiger partial charge in [-0.3, -0.25) is 9.59 Å². The van der Waals surface area contributed by atoms with Crippen molar-refractivity contribution in [2.75, 3.05) is 0 Å². The largest absolute Gasteiger partial charge is 0.481 e. The molecule has 156 valence electrons. The number of rotatable bonds is 14. The van der Waals surface area contributed by atoms with Gasteiger partial charge in [0.25, 0.3) is 0 Å². The minimum absolute atomic E-state index is 0.382. The highest BCUT2D eigenvalue weighted by Gasteiger charge is 2.49. The number of hydrogen-bond acceptors (Lipinski definition) is 2. The van der Waals surface area contributed by atoms with Crippen LogP contribution in [-0.2, 0) is 22.4 Å². The summed E-state index contributed by atoms with van der Waals surface area (Å²) in [5.41, 5.74) is 1.81. The van der Waals surface area contributed by atoms with Crippen molar-refractivity contribution in [1.29, 1.82) is 0 Å². The molecule has 0 bridgehead atoms. The molecule has 4 heteroatoms. The Morgan fingerprint density at radius 1 is 0.893 bits per heavy atom. The Kier molecular flexibility index (Phi) is 8.09. The summed E-state index contributed by atoms with van der Waals surface area (Å²) in [6.07, 6.45) is 11.7. The molecular formula is C24H36O4. The number of carboxylic acids is 2. The van der Waals surface area contributed by atoms with Gasteiger partial charge in [0.15, 0.2) is 0 Å². The van der Waals surface area contributed by atoms with E-state index in [4.69, 9.17) is 0 Å². The van der Waals surface area contributed by atoms with Crippen molar-refractivity contribution in [3.05, 3.63) is 35.4 Å². The first-order valence-electron chi connectivity index (χ1n) is 10.8. The average molecular weight is 389 g/mol. The van der Waals surface area contributed by atoms with Gasteiger partial charge in [0.05, 0.1) is 10.8 Å². The third kappa shape index (κ3) is 6.65. The van der Waals surface area contributed by atoms with Crippen LogP contribution in [0.2, 0.25) is 0 Å². The van der Waals surface area contributed by atoms with Gasteiger partial charge < -0.3 is 10.2 Å². The molecular weight excluding hydrogens is 352 g/mol. The highest BCUT2D eigenvalue weighted by molar-refractivity contribution is 5.77. The topological polar surface area (TPSA) is 74.6 Å². The molecule has 4 nitrogen and oxygen atoms in total. The number of aliphatic carboxylic acids is 2. The molecule has 1 aliphatic rings. The summed E-state index contributed by atoms with van der Waals surface area (Å²) in [7, 11) is 0. The second-order valence-corrected chi connectivity index (χ2v) is 9.16. The van der Waals surface area contributed by atoms with E-state index in [-0.39, 0.29) is 5.41 Å². The van der Waals surface area contributed by atoms with Crippen molar-refractivity contribution >= 4 is 11.9 Å². The van der Waals surface area contributed by atoms with Crippen LogP contribution in [0.25, 0.3) is 0 Å². The van der Waals surface area contributed by atoms with Crippen LogP contribution < -0.4 is 0 Å². The van der Waals surface area contributed by atoms with Gasteiger partial charge in [-0.1, -0.05) is 49.9 Å². The third-order valence-electron chi connectivity index (χ3n) is 6.35. The van der Waals surface area contributed by atoms with Gasteiger partial charge in [-0.2, -0.15) is 0 Å².